The second-order valence-corrected chi connectivity index (χ2v) is 6.57. The molecule has 0 aromatic heterocycles. The second-order valence-electron chi connectivity index (χ2n) is 6.57. The van der Waals surface area contributed by atoms with E-state index in [2.05, 4.69) is 16.8 Å². The first-order chi connectivity index (χ1) is 11.1. The second kappa shape index (κ2) is 6.66. The van der Waals surface area contributed by atoms with Crippen LogP contribution in [0.5, 0.6) is 0 Å². The molecule has 6 heteroatoms. The van der Waals surface area contributed by atoms with Gasteiger partial charge in [-0.3, -0.25) is 10.1 Å². The number of anilines is 1. The Morgan fingerprint density at radius 2 is 2.22 bits per heavy atom. The maximum Gasteiger partial charge on any atom is 0.269 e. The molecule has 6 nitrogen and oxygen atoms in total. The number of aryl methyl sites for hydroxylation is 1. The molecule has 2 heterocycles. The number of fused-ring (bicyclic) bond motifs is 1. The molecule has 3 rings (SSSR count). The van der Waals surface area contributed by atoms with Crippen molar-refractivity contribution in [2.45, 2.75) is 44.2 Å². The lowest BCUT2D eigenvalue weighted by molar-refractivity contribution is -0.384. The van der Waals surface area contributed by atoms with E-state index in [-0.39, 0.29) is 16.7 Å². The third-order valence-electron chi connectivity index (χ3n) is 5.22. The molecule has 0 N–H and O–H groups in total. The fraction of sp³-hybridized carbons (Fsp3) is 0.588. The number of aldehydes is 1. The zero-order valence-electron chi connectivity index (χ0n) is 13.5. The van der Waals surface area contributed by atoms with E-state index in [4.69, 9.17) is 0 Å². The molecule has 0 amide bonds. The number of non-ortho nitro benzene ring substituents is 1. The van der Waals surface area contributed by atoms with Crippen LogP contribution in [0.3, 0.4) is 0 Å². The molecule has 124 valence electrons. The molecule has 0 aliphatic carbocycles. The number of hydrogen-bond acceptors (Lipinski definition) is 5. The molecule has 0 saturated carbocycles. The summed E-state index contributed by atoms with van der Waals surface area (Å²) >= 11 is 0. The van der Waals surface area contributed by atoms with E-state index in [0.717, 1.165) is 49.9 Å². The Hall–Kier alpha value is -1.95. The van der Waals surface area contributed by atoms with Gasteiger partial charge < -0.3 is 14.6 Å². The van der Waals surface area contributed by atoms with Crippen LogP contribution >= 0.6 is 0 Å². The number of carbonyl (C=O) groups excluding carboxylic acids is 1. The molecule has 2 unspecified atom stereocenters. The molecule has 1 fully saturated rings. The van der Waals surface area contributed by atoms with E-state index in [9.17, 15) is 14.9 Å². The molecule has 1 aromatic carbocycles. The van der Waals surface area contributed by atoms with Crippen LogP contribution in [0.15, 0.2) is 18.2 Å². The van der Waals surface area contributed by atoms with Crippen molar-refractivity contribution in [3.05, 3.63) is 33.9 Å². The zero-order valence-corrected chi connectivity index (χ0v) is 13.5. The standard InChI is InChI=1S/C17H23N3O3/c1-18-9-2-3-14(18)8-10-19-16(12-21)5-4-13-11-15(20(22)23)6-7-17(13)19/h6-7,11-12,14,16H,2-5,8-10H2,1H3. The van der Waals surface area contributed by atoms with Gasteiger partial charge in [0, 0.05) is 30.4 Å². The van der Waals surface area contributed by atoms with Gasteiger partial charge >= 0.3 is 0 Å². The highest BCUT2D eigenvalue weighted by Crippen LogP contribution is 2.33. The third kappa shape index (κ3) is 3.22. The number of carbonyl (C=O) groups is 1. The van der Waals surface area contributed by atoms with Gasteiger partial charge in [-0.05, 0) is 57.3 Å². The van der Waals surface area contributed by atoms with Crippen molar-refractivity contribution in [2.75, 3.05) is 25.0 Å². The van der Waals surface area contributed by atoms with E-state index in [1.807, 2.05) is 6.07 Å². The molecule has 1 saturated heterocycles. The van der Waals surface area contributed by atoms with Crippen LogP contribution in [0, 0.1) is 10.1 Å². The molecule has 1 aromatic rings. The summed E-state index contributed by atoms with van der Waals surface area (Å²) in [5, 5.41) is 11.0. The Kier molecular flexibility index (Phi) is 4.61. The van der Waals surface area contributed by atoms with E-state index < -0.39 is 0 Å². The Balaban J connectivity index is 1.79. The van der Waals surface area contributed by atoms with Crippen LogP contribution in [0.4, 0.5) is 11.4 Å². The van der Waals surface area contributed by atoms with Crippen LogP contribution in [-0.4, -0.2) is 48.3 Å². The monoisotopic (exact) mass is 317 g/mol. The number of rotatable bonds is 5. The highest BCUT2D eigenvalue weighted by atomic mass is 16.6. The molecule has 0 radical (unpaired) electrons. The van der Waals surface area contributed by atoms with E-state index in [0.29, 0.717) is 6.04 Å². The summed E-state index contributed by atoms with van der Waals surface area (Å²) in [6.07, 6.45) is 5.95. The molecular formula is C17H23N3O3. The first-order valence-electron chi connectivity index (χ1n) is 8.29. The fourth-order valence-corrected chi connectivity index (χ4v) is 3.86. The van der Waals surface area contributed by atoms with Gasteiger partial charge in [-0.25, -0.2) is 0 Å². The predicted octanol–water partition coefficient (Wildman–Crippen LogP) is 2.40. The molecule has 2 aliphatic rings. The molecular weight excluding hydrogens is 294 g/mol. The number of hydrogen-bond donors (Lipinski definition) is 0. The van der Waals surface area contributed by atoms with E-state index >= 15 is 0 Å². The number of nitro groups is 1. The minimum atomic E-state index is -0.357. The average Bonchev–Trinajstić information content (AvgIpc) is 2.96. The molecule has 0 bridgehead atoms. The minimum absolute atomic E-state index is 0.115. The van der Waals surface area contributed by atoms with Crippen molar-refractivity contribution in [1.82, 2.24) is 4.90 Å². The number of nitro benzene ring substituents is 1. The van der Waals surface area contributed by atoms with Crippen LogP contribution in [-0.2, 0) is 11.2 Å². The maximum absolute atomic E-state index is 11.5. The Labute approximate surface area is 136 Å². The van der Waals surface area contributed by atoms with Crippen molar-refractivity contribution >= 4 is 17.7 Å². The minimum Gasteiger partial charge on any atom is -0.361 e. The Bertz CT molecular complexity index is 605. The zero-order chi connectivity index (χ0) is 16.4. The summed E-state index contributed by atoms with van der Waals surface area (Å²) in [4.78, 5) is 26.6. The highest BCUT2D eigenvalue weighted by molar-refractivity contribution is 5.71. The predicted molar refractivity (Wildman–Crippen MR) is 88.9 cm³/mol. The van der Waals surface area contributed by atoms with Crippen LogP contribution in [0.25, 0.3) is 0 Å². The van der Waals surface area contributed by atoms with Gasteiger partial charge in [-0.1, -0.05) is 0 Å². The SMILES string of the molecule is CN1CCCC1CCN1c2ccc([N+](=O)[O-])cc2CCC1C=O. The summed E-state index contributed by atoms with van der Waals surface area (Å²) < 4.78 is 0. The maximum atomic E-state index is 11.5. The van der Waals surface area contributed by atoms with Crippen molar-refractivity contribution in [1.29, 1.82) is 0 Å². The fourth-order valence-electron chi connectivity index (χ4n) is 3.86. The molecule has 2 aliphatic heterocycles. The number of likely N-dealkylation sites (tertiary alicyclic amines) is 1. The topological polar surface area (TPSA) is 66.7 Å². The summed E-state index contributed by atoms with van der Waals surface area (Å²) in [5.41, 5.74) is 2.10. The summed E-state index contributed by atoms with van der Waals surface area (Å²) in [6.45, 7) is 1.97. The summed E-state index contributed by atoms with van der Waals surface area (Å²) in [5.74, 6) is 0. The van der Waals surface area contributed by atoms with Gasteiger partial charge in [-0.2, -0.15) is 0 Å². The first kappa shape index (κ1) is 15.9. The van der Waals surface area contributed by atoms with Crippen molar-refractivity contribution in [2.24, 2.45) is 0 Å². The normalized spacial score (nSPS) is 24.5. The van der Waals surface area contributed by atoms with Crippen molar-refractivity contribution in [3.8, 4) is 0 Å². The smallest absolute Gasteiger partial charge is 0.269 e. The summed E-state index contributed by atoms with van der Waals surface area (Å²) in [7, 11) is 2.16. The van der Waals surface area contributed by atoms with Gasteiger partial charge in [0.2, 0.25) is 0 Å². The van der Waals surface area contributed by atoms with Crippen molar-refractivity contribution in [3.63, 3.8) is 0 Å². The van der Waals surface area contributed by atoms with E-state index in [1.54, 1.807) is 12.1 Å². The molecule has 2 atom stereocenters. The number of nitrogens with zero attached hydrogens (tertiary/aromatic N) is 3. The van der Waals surface area contributed by atoms with E-state index in [1.165, 1.54) is 12.8 Å². The Morgan fingerprint density at radius 1 is 1.39 bits per heavy atom. The lowest BCUT2D eigenvalue weighted by atomic mass is 9.95. The van der Waals surface area contributed by atoms with Crippen molar-refractivity contribution < 1.29 is 9.72 Å². The first-order valence-corrected chi connectivity index (χ1v) is 8.29. The van der Waals surface area contributed by atoms with Gasteiger partial charge in [0.05, 0.1) is 11.0 Å². The lowest BCUT2D eigenvalue weighted by Crippen LogP contribution is -2.42. The van der Waals surface area contributed by atoms with Crippen LogP contribution < -0.4 is 4.90 Å². The van der Waals surface area contributed by atoms with Gasteiger partial charge in [0.1, 0.15) is 6.29 Å². The lowest BCUT2D eigenvalue weighted by Gasteiger charge is -2.37. The molecule has 0 spiro atoms. The van der Waals surface area contributed by atoms with Gasteiger partial charge in [0.15, 0.2) is 0 Å². The largest absolute Gasteiger partial charge is 0.361 e. The average molecular weight is 317 g/mol. The summed E-state index contributed by atoms with van der Waals surface area (Å²) in [6, 6.07) is 5.47. The number of benzene rings is 1. The Morgan fingerprint density at radius 3 is 2.87 bits per heavy atom. The quantitative estimate of drug-likeness (QED) is 0.474. The van der Waals surface area contributed by atoms with Crippen LogP contribution in [0.2, 0.25) is 0 Å². The highest BCUT2D eigenvalue weighted by Gasteiger charge is 2.29. The third-order valence-corrected chi connectivity index (χ3v) is 5.22. The molecule has 23 heavy (non-hydrogen) atoms. The van der Waals surface area contributed by atoms with Crippen LogP contribution in [0.1, 0.15) is 31.2 Å². The van der Waals surface area contributed by atoms with Gasteiger partial charge in [-0.15, -0.1) is 0 Å². The van der Waals surface area contributed by atoms with Gasteiger partial charge in [0.25, 0.3) is 5.69 Å².